The summed E-state index contributed by atoms with van der Waals surface area (Å²) in [5, 5.41) is 14.7. The van der Waals surface area contributed by atoms with E-state index in [0.717, 1.165) is 40.7 Å². The van der Waals surface area contributed by atoms with E-state index in [1.807, 2.05) is 64.1 Å². The van der Waals surface area contributed by atoms with Gasteiger partial charge in [-0.2, -0.15) is 18.3 Å². The van der Waals surface area contributed by atoms with Crippen molar-refractivity contribution in [1.82, 2.24) is 0 Å². The van der Waals surface area contributed by atoms with E-state index >= 15 is 0 Å². The van der Waals surface area contributed by atoms with Gasteiger partial charge in [0.05, 0.1) is 18.2 Å². The van der Waals surface area contributed by atoms with Crippen LogP contribution >= 0.6 is 0 Å². The Labute approximate surface area is 238 Å². The molecule has 41 heavy (non-hydrogen) atoms. The highest BCUT2D eigenvalue weighted by Gasteiger charge is 2.51. The molecule has 2 unspecified atom stereocenters. The number of carboxylic acid groups (broad SMARTS) is 1. The molecule has 1 fully saturated rings. The van der Waals surface area contributed by atoms with Gasteiger partial charge in [-0.1, -0.05) is 68.7 Å². The van der Waals surface area contributed by atoms with Gasteiger partial charge in [-0.15, -0.1) is 0 Å². The molecule has 3 aromatic carbocycles. The maximum absolute atomic E-state index is 14.4. The molecule has 0 amide bonds. The zero-order valence-corrected chi connectivity index (χ0v) is 23.8. The van der Waals surface area contributed by atoms with Crippen molar-refractivity contribution in [3.8, 4) is 11.1 Å². The lowest BCUT2D eigenvalue weighted by molar-refractivity contribution is -0.137. The Kier molecular flexibility index (Phi) is 9.20. The molecule has 5 rings (SSSR count). The first-order valence-corrected chi connectivity index (χ1v) is 14.1. The van der Waals surface area contributed by atoms with Gasteiger partial charge in [-0.25, -0.2) is 4.39 Å². The second-order valence-electron chi connectivity index (χ2n) is 10.7. The maximum Gasteiger partial charge on any atom is 0.431 e. The number of carboxylic acids is 1. The molecule has 0 aromatic heterocycles. The quantitative estimate of drug-likeness (QED) is 0.277. The third-order valence-corrected chi connectivity index (χ3v) is 7.67. The standard InChI is InChI=1S/C31H30F4N2O2.C2H6/c1-18-3-12-27(32)25(13-18)23-9-8-22(19(2)14-23)15-20-6-10-24(11-7-20)37-28(17-29(38)39)26(16-21-4-5-21)30(36-37)31(33,34)35;1-2/h3,6-14,21,26,28H,4-5,15-17H2,1-2H3,(H,38,39);1-2H3. The minimum atomic E-state index is -4.62. The van der Waals surface area contributed by atoms with Crippen LogP contribution < -0.4 is 5.01 Å². The van der Waals surface area contributed by atoms with Gasteiger partial charge in [-0.3, -0.25) is 9.80 Å². The number of alkyl halides is 3. The molecule has 1 N–H and O–H groups in total. The molecule has 1 heterocycles. The van der Waals surface area contributed by atoms with Gasteiger partial charge in [0, 0.05) is 11.5 Å². The fraction of sp³-hybridized carbons (Fsp3) is 0.394. The minimum Gasteiger partial charge on any atom is -0.481 e. The summed E-state index contributed by atoms with van der Waals surface area (Å²) in [5.41, 5.74) is 4.87. The predicted octanol–water partition coefficient (Wildman–Crippen LogP) is 8.72. The molecule has 0 radical (unpaired) electrons. The molecule has 4 nitrogen and oxygen atoms in total. The number of hydrazone groups is 1. The SMILES string of the molecule is CC.Cc1ccc(F)c(-c2ccc(Cc3ccc(N4N=C(C(F)(F)F)C(CC5CC5)C4CC(=O)O)cc3)c(C)c2)c1. The van der Waals surface area contributed by atoms with Crippen molar-refractivity contribution >= 4 is 17.4 Å². The third-order valence-electron chi connectivity index (χ3n) is 7.67. The molecule has 1 aliphatic carbocycles. The Bertz CT molecular complexity index is 1410. The van der Waals surface area contributed by atoms with Crippen LogP contribution in [0.2, 0.25) is 0 Å². The summed E-state index contributed by atoms with van der Waals surface area (Å²) >= 11 is 0. The largest absolute Gasteiger partial charge is 0.481 e. The van der Waals surface area contributed by atoms with E-state index in [2.05, 4.69) is 5.10 Å². The molecule has 2 aliphatic rings. The van der Waals surface area contributed by atoms with Crippen LogP contribution in [0.25, 0.3) is 11.1 Å². The Morgan fingerprint density at radius 3 is 2.27 bits per heavy atom. The zero-order chi connectivity index (χ0) is 29.9. The Morgan fingerprint density at radius 2 is 1.68 bits per heavy atom. The van der Waals surface area contributed by atoms with E-state index in [9.17, 15) is 27.5 Å². The van der Waals surface area contributed by atoms with Crippen LogP contribution in [0.3, 0.4) is 0 Å². The van der Waals surface area contributed by atoms with Gasteiger partial charge in [0.25, 0.3) is 0 Å². The van der Waals surface area contributed by atoms with Crippen molar-refractivity contribution in [2.75, 3.05) is 5.01 Å². The Balaban J connectivity index is 0.00000189. The summed E-state index contributed by atoms with van der Waals surface area (Å²) in [7, 11) is 0. The summed E-state index contributed by atoms with van der Waals surface area (Å²) in [6.07, 6.45) is -2.41. The molecule has 218 valence electrons. The van der Waals surface area contributed by atoms with Crippen LogP contribution in [0.5, 0.6) is 0 Å². The van der Waals surface area contributed by atoms with Crippen LogP contribution in [0.1, 0.15) is 61.8 Å². The van der Waals surface area contributed by atoms with Crippen LogP contribution in [0.15, 0.2) is 65.8 Å². The summed E-state index contributed by atoms with van der Waals surface area (Å²) in [4.78, 5) is 11.6. The number of rotatable bonds is 8. The van der Waals surface area contributed by atoms with Crippen molar-refractivity contribution < 1.29 is 27.5 Å². The van der Waals surface area contributed by atoms with Crippen molar-refractivity contribution in [3.63, 3.8) is 0 Å². The van der Waals surface area contributed by atoms with Crippen molar-refractivity contribution in [1.29, 1.82) is 0 Å². The van der Waals surface area contributed by atoms with Gasteiger partial charge in [-0.05, 0) is 79.1 Å². The van der Waals surface area contributed by atoms with Crippen molar-refractivity contribution in [2.24, 2.45) is 16.9 Å². The number of carbonyl (C=O) groups is 1. The van der Waals surface area contributed by atoms with Gasteiger partial charge in [0.2, 0.25) is 0 Å². The van der Waals surface area contributed by atoms with E-state index < -0.39 is 36.2 Å². The molecule has 0 saturated heterocycles. The number of nitrogens with zero attached hydrogens (tertiary/aromatic N) is 2. The summed E-state index contributed by atoms with van der Waals surface area (Å²) < 4.78 is 56.0. The first-order valence-electron chi connectivity index (χ1n) is 14.1. The minimum absolute atomic E-state index is 0.193. The highest BCUT2D eigenvalue weighted by atomic mass is 19.4. The fourth-order valence-corrected chi connectivity index (χ4v) is 5.43. The van der Waals surface area contributed by atoms with Gasteiger partial charge in [0.1, 0.15) is 11.5 Å². The lowest BCUT2D eigenvalue weighted by Crippen LogP contribution is -2.38. The molecule has 0 spiro atoms. The molecule has 0 bridgehead atoms. The highest BCUT2D eigenvalue weighted by Crippen LogP contribution is 2.44. The number of hydrogen-bond donors (Lipinski definition) is 1. The van der Waals surface area contributed by atoms with E-state index in [1.54, 1.807) is 18.2 Å². The Morgan fingerprint density at radius 1 is 1.00 bits per heavy atom. The lowest BCUT2D eigenvalue weighted by Gasteiger charge is -2.27. The van der Waals surface area contributed by atoms with Gasteiger partial charge >= 0.3 is 12.1 Å². The number of hydrogen-bond acceptors (Lipinski definition) is 3. The molecule has 2 atom stereocenters. The highest BCUT2D eigenvalue weighted by molar-refractivity contribution is 5.96. The van der Waals surface area contributed by atoms with Crippen LogP contribution in [0, 0.1) is 31.5 Å². The van der Waals surface area contributed by atoms with Gasteiger partial charge in [0.15, 0.2) is 0 Å². The molecule has 1 aliphatic heterocycles. The molecule has 8 heteroatoms. The number of halogens is 4. The zero-order valence-electron chi connectivity index (χ0n) is 23.8. The summed E-state index contributed by atoms with van der Waals surface area (Å²) in [5.74, 6) is -2.20. The molecular weight excluding hydrogens is 532 g/mol. The molecule has 1 saturated carbocycles. The van der Waals surface area contributed by atoms with E-state index in [1.165, 1.54) is 11.1 Å². The second-order valence-corrected chi connectivity index (χ2v) is 10.7. The third kappa shape index (κ3) is 7.16. The summed E-state index contributed by atoms with van der Waals surface area (Å²) in [6.45, 7) is 7.89. The topological polar surface area (TPSA) is 52.9 Å². The van der Waals surface area contributed by atoms with E-state index in [-0.39, 0.29) is 11.7 Å². The number of aliphatic carboxylic acids is 1. The van der Waals surface area contributed by atoms with E-state index in [4.69, 9.17) is 0 Å². The molecule has 3 aromatic rings. The molecular formula is C33H36F4N2O2. The van der Waals surface area contributed by atoms with Crippen LogP contribution in [-0.2, 0) is 11.2 Å². The Hall–Kier alpha value is -3.68. The van der Waals surface area contributed by atoms with Crippen molar-refractivity contribution in [3.05, 3.63) is 88.7 Å². The number of aryl methyl sites for hydroxylation is 2. The van der Waals surface area contributed by atoms with Crippen LogP contribution in [-0.4, -0.2) is 29.0 Å². The first-order chi connectivity index (χ1) is 19.5. The summed E-state index contributed by atoms with van der Waals surface area (Å²) in [6, 6.07) is 17.0. The van der Waals surface area contributed by atoms with Gasteiger partial charge < -0.3 is 5.11 Å². The average molecular weight is 569 g/mol. The van der Waals surface area contributed by atoms with E-state index in [0.29, 0.717) is 24.1 Å². The average Bonchev–Trinajstić information content (AvgIpc) is 3.68. The number of benzene rings is 3. The fourth-order valence-electron chi connectivity index (χ4n) is 5.43. The maximum atomic E-state index is 14.4. The smallest absolute Gasteiger partial charge is 0.431 e. The lowest BCUT2D eigenvalue weighted by atomic mass is 9.87. The number of anilines is 1. The monoisotopic (exact) mass is 568 g/mol. The van der Waals surface area contributed by atoms with Crippen LogP contribution in [0.4, 0.5) is 23.2 Å². The predicted molar refractivity (Wildman–Crippen MR) is 155 cm³/mol. The normalized spacial score (nSPS) is 18.5. The first kappa shape index (κ1) is 30.3. The second kappa shape index (κ2) is 12.5. The van der Waals surface area contributed by atoms with Crippen molar-refractivity contribution in [2.45, 2.75) is 72.0 Å².